The number of aromatic amines is 1. The molecule has 0 saturated heterocycles. The number of carbonyl (C=O) groups excluding carboxylic acids is 1. The van der Waals surface area contributed by atoms with Crippen LogP contribution in [0, 0.1) is 18.3 Å². The Bertz CT molecular complexity index is 775. The van der Waals surface area contributed by atoms with Crippen LogP contribution < -0.4 is 11.3 Å². The van der Waals surface area contributed by atoms with Gasteiger partial charge in [0, 0.05) is 5.56 Å². The topological polar surface area (TPSA) is 113 Å². The van der Waals surface area contributed by atoms with Crippen LogP contribution in [0.25, 0.3) is 11.3 Å². The predicted molar refractivity (Wildman–Crippen MR) is 79.7 cm³/mol. The summed E-state index contributed by atoms with van der Waals surface area (Å²) >= 11 is 1.02. The van der Waals surface area contributed by atoms with Crippen LogP contribution in [-0.2, 0) is 4.79 Å². The molecule has 0 aliphatic heterocycles. The molecule has 1 aromatic heterocycles. The molecule has 0 radical (unpaired) electrons. The Morgan fingerprint density at radius 2 is 2.10 bits per heavy atom. The maximum atomic E-state index is 11.9. The van der Waals surface area contributed by atoms with Gasteiger partial charge in [0.2, 0.25) is 5.91 Å². The molecule has 106 valence electrons. The lowest BCUT2D eigenvalue weighted by atomic mass is 10.1. The molecule has 0 bridgehead atoms. The van der Waals surface area contributed by atoms with Crippen LogP contribution in [-0.4, -0.2) is 21.6 Å². The van der Waals surface area contributed by atoms with Crippen molar-refractivity contribution in [3.63, 3.8) is 0 Å². The van der Waals surface area contributed by atoms with E-state index in [1.807, 2.05) is 25.1 Å². The summed E-state index contributed by atoms with van der Waals surface area (Å²) in [6.07, 6.45) is 0. The Kier molecular flexibility index (Phi) is 4.40. The maximum absolute atomic E-state index is 11.9. The quantitative estimate of drug-likeness (QED) is 0.650. The van der Waals surface area contributed by atoms with Gasteiger partial charge in [0.05, 0.1) is 11.4 Å². The third-order valence-corrected chi connectivity index (χ3v) is 3.58. The van der Waals surface area contributed by atoms with Gasteiger partial charge < -0.3 is 10.7 Å². The molecule has 6 nitrogen and oxygen atoms in total. The molecule has 0 fully saturated rings. The number of carbonyl (C=O) groups is 1. The van der Waals surface area contributed by atoms with E-state index in [-0.39, 0.29) is 16.5 Å². The molecule has 7 heteroatoms. The van der Waals surface area contributed by atoms with Crippen molar-refractivity contribution in [3.8, 4) is 17.3 Å². The number of rotatable bonds is 4. The van der Waals surface area contributed by atoms with Gasteiger partial charge in [-0.3, -0.25) is 9.59 Å². The first kappa shape index (κ1) is 14.8. The third kappa shape index (κ3) is 3.49. The monoisotopic (exact) mass is 300 g/mol. The summed E-state index contributed by atoms with van der Waals surface area (Å²) in [6.45, 7) is 1.94. The smallest absolute Gasteiger partial charge is 0.270 e. The predicted octanol–water partition coefficient (Wildman–Crippen LogP) is 1.19. The van der Waals surface area contributed by atoms with E-state index in [1.165, 1.54) is 0 Å². The number of hydrogen-bond donors (Lipinski definition) is 2. The van der Waals surface area contributed by atoms with Crippen molar-refractivity contribution in [2.75, 3.05) is 5.75 Å². The molecule has 0 atom stereocenters. The Balaban J connectivity index is 2.52. The Labute approximate surface area is 125 Å². The Morgan fingerprint density at radius 3 is 2.67 bits per heavy atom. The molecule has 0 saturated carbocycles. The zero-order chi connectivity index (χ0) is 15.4. The minimum atomic E-state index is -0.532. The lowest BCUT2D eigenvalue weighted by molar-refractivity contribution is -0.115. The highest BCUT2D eigenvalue weighted by atomic mass is 32.2. The molecule has 0 unspecified atom stereocenters. The molecule has 1 amide bonds. The fourth-order valence-electron chi connectivity index (χ4n) is 1.68. The Hall–Kier alpha value is -2.59. The number of amides is 1. The van der Waals surface area contributed by atoms with Crippen LogP contribution in [0.3, 0.4) is 0 Å². The highest BCUT2D eigenvalue weighted by molar-refractivity contribution is 7.99. The molecule has 3 N–H and O–H groups in total. The van der Waals surface area contributed by atoms with E-state index in [4.69, 9.17) is 11.0 Å². The van der Waals surface area contributed by atoms with Crippen molar-refractivity contribution < 1.29 is 4.79 Å². The van der Waals surface area contributed by atoms with Gasteiger partial charge >= 0.3 is 0 Å². The second kappa shape index (κ2) is 6.24. The van der Waals surface area contributed by atoms with E-state index >= 15 is 0 Å². The summed E-state index contributed by atoms with van der Waals surface area (Å²) in [5.41, 5.74) is 6.51. The molecule has 0 aliphatic rings. The van der Waals surface area contributed by atoms with Crippen molar-refractivity contribution in [2.45, 2.75) is 12.1 Å². The van der Waals surface area contributed by atoms with Crippen molar-refractivity contribution in [1.29, 1.82) is 5.26 Å². The molecule has 0 spiro atoms. The first-order valence-corrected chi connectivity index (χ1v) is 7.02. The number of nitrogens with one attached hydrogen (secondary N) is 1. The second-order valence-corrected chi connectivity index (χ2v) is 5.29. The van der Waals surface area contributed by atoms with Crippen LogP contribution in [0.5, 0.6) is 0 Å². The normalized spacial score (nSPS) is 10.1. The lowest BCUT2D eigenvalue weighted by Gasteiger charge is -2.06. The lowest BCUT2D eigenvalue weighted by Crippen LogP contribution is -2.17. The van der Waals surface area contributed by atoms with Crippen LogP contribution >= 0.6 is 11.8 Å². The number of nitriles is 1. The summed E-state index contributed by atoms with van der Waals surface area (Å²) in [4.78, 5) is 29.5. The Morgan fingerprint density at radius 1 is 1.43 bits per heavy atom. The van der Waals surface area contributed by atoms with Gasteiger partial charge in [0.1, 0.15) is 11.6 Å². The van der Waals surface area contributed by atoms with Gasteiger partial charge in [-0.15, -0.1) is 0 Å². The van der Waals surface area contributed by atoms with E-state index in [2.05, 4.69) is 9.97 Å². The average Bonchev–Trinajstić information content (AvgIpc) is 2.45. The van der Waals surface area contributed by atoms with Gasteiger partial charge in [0.15, 0.2) is 5.16 Å². The van der Waals surface area contributed by atoms with Crippen LogP contribution in [0.1, 0.15) is 11.1 Å². The number of aromatic nitrogens is 2. The van der Waals surface area contributed by atoms with E-state index in [0.717, 1.165) is 17.3 Å². The van der Waals surface area contributed by atoms with E-state index in [9.17, 15) is 9.59 Å². The first-order chi connectivity index (χ1) is 10.0. The molecule has 0 aliphatic carbocycles. The zero-order valence-electron chi connectivity index (χ0n) is 11.2. The van der Waals surface area contributed by atoms with Gasteiger partial charge in [-0.05, 0) is 6.92 Å². The molecule has 1 heterocycles. The molecule has 1 aromatic carbocycles. The maximum Gasteiger partial charge on any atom is 0.270 e. The summed E-state index contributed by atoms with van der Waals surface area (Å²) in [5.74, 6) is -0.508. The molecule has 2 aromatic rings. The number of nitrogens with two attached hydrogens (primary N) is 1. The molecule has 21 heavy (non-hydrogen) atoms. The number of aryl methyl sites for hydroxylation is 1. The standard InChI is InChI=1S/C14H12N4O2S/c1-8-2-4-9(5-3-8)12-10(6-15)13(20)18-14(17-12)21-7-11(16)19/h2-5H,7H2,1H3,(H2,16,19)(H,17,18,20). The largest absolute Gasteiger partial charge is 0.369 e. The summed E-state index contributed by atoms with van der Waals surface area (Å²) in [5, 5.41) is 9.39. The van der Waals surface area contributed by atoms with Crippen molar-refractivity contribution in [2.24, 2.45) is 5.73 Å². The number of benzene rings is 1. The fraction of sp³-hybridized carbons (Fsp3) is 0.143. The zero-order valence-corrected chi connectivity index (χ0v) is 12.0. The van der Waals surface area contributed by atoms with Gasteiger partial charge in [-0.2, -0.15) is 5.26 Å². The number of nitrogens with zero attached hydrogens (tertiary/aromatic N) is 2. The average molecular weight is 300 g/mol. The summed E-state index contributed by atoms with van der Waals surface area (Å²) < 4.78 is 0. The first-order valence-electron chi connectivity index (χ1n) is 6.04. The van der Waals surface area contributed by atoms with Crippen molar-refractivity contribution in [3.05, 3.63) is 45.7 Å². The van der Waals surface area contributed by atoms with Crippen LogP contribution in [0.15, 0.2) is 34.2 Å². The van der Waals surface area contributed by atoms with Gasteiger partial charge in [-0.25, -0.2) is 4.98 Å². The van der Waals surface area contributed by atoms with Crippen molar-refractivity contribution >= 4 is 17.7 Å². The minimum absolute atomic E-state index is 0.00216. The number of thioether (sulfide) groups is 1. The number of hydrogen-bond acceptors (Lipinski definition) is 5. The van der Waals surface area contributed by atoms with E-state index in [0.29, 0.717) is 11.3 Å². The minimum Gasteiger partial charge on any atom is -0.369 e. The van der Waals surface area contributed by atoms with E-state index in [1.54, 1.807) is 12.1 Å². The van der Waals surface area contributed by atoms with Gasteiger partial charge in [0.25, 0.3) is 5.56 Å². The molecular formula is C14H12N4O2S. The summed E-state index contributed by atoms with van der Waals surface area (Å²) in [7, 11) is 0. The van der Waals surface area contributed by atoms with E-state index < -0.39 is 11.5 Å². The van der Waals surface area contributed by atoms with Gasteiger partial charge in [-0.1, -0.05) is 41.6 Å². The third-order valence-electron chi connectivity index (χ3n) is 2.69. The molecular weight excluding hydrogens is 288 g/mol. The highest BCUT2D eigenvalue weighted by Crippen LogP contribution is 2.22. The summed E-state index contributed by atoms with van der Waals surface area (Å²) in [6, 6.07) is 9.19. The SMILES string of the molecule is Cc1ccc(-c2nc(SCC(N)=O)[nH]c(=O)c2C#N)cc1. The fourth-order valence-corrected chi connectivity index (χ4v) is 2.28. The molecule has 2 rings (SSSR count). The second-order valence-electron chi connectivity index (χ2n) is 4.33. The highest BCUT2D eigenvalue weighted by Gasteiger charge is 2.13. The number of H-pyrrole nitrogens is 1. The number of primary amides is 1. The van der Waals surface area contributed by atoms with Crippen LogP contribution in [0.4, 0.5) is 0 Å². The van der Waals surface area contributed by atoms with Crippen LogP contribution in [0.2, 0.25) is 0 Å². The van der Waals surface area contributed by atoms with Crippen molar-refractivity contribution in [1.82, 2.24) is 9.97 Å².